The first-order valence-electron chi connectivity index (χ1n) is 9.30. The van der Waals surface area contributed by atoms with Crippen LogP contribution in [0.15, 0.2) is 52.1 Å². The van der Waals surface area contributed by atoms with E-state index in [-0.39, 0.29) is 24.0 Å². The largest absolute Gasteiger partial charge is 0.467 e. The molecule has 1 aromatic carbocycles. The predicted molar refractivity (Wildman–Crippen MR) is 122 cm³/mol. The van der Waals surface area contributed by atoms with Crippen LogP contribution in [0.2, 0.25) is 0 Å². The molecule has 0 aliphatic carbocycles. The highest BCUT2D eigenvalue weighted by Gasteiger charge is 2.06. The van der Waals surface area contributed by atoms with Gasteiger partial charge in [-0.1, -0.05) is 12.1 Å². The molecule has 0 radical (unpaired) electrons. The van der Waals surface area contributed by atoms with E-state index < -0.39 is 0 Å². The van der Waals surface area contributed by atoms with Gasteiger partial charge in [-0.05, 0) is 37.6 Å². The second kappa shape index (κ2) is 11.7. The summed E-state index contributed by atoms with van der Waals surface area (Å²) in [5, 5.41) is 6.60. The maximum Gasteiger partial charge on any atom is 0.191 e. The van der Waals surface area contributed by atoms with Crippen molar-refractivity contribution in [1.29, 1.82) is 0 Å². The van der Waals surface area contributed by atoms with Gasteiger partial charge in [0.1, 0.15) is 24.7 Å². The number of halogens is 1. The van der Waals surface area contributed by atoms with Crippen LogP contribution in [-0.2, 0) is 24.9 Å². The summed E-state index contributed by atoms with van der Waals surface area (Å²) in [7, 11) is 2.02. The number of benzene rings is 1. The summed E-state index contributed by atoms with van der Waals surface area (Å²) in [5.74, 6) is 2.58. The van der Waals surface area contributed by atoms with Crippen molar-refractivity contribution in [2.75, 3.05) is 19.7 Å². The first-order valence-corrected chi connectivity index (χ1v) is 9.30. The molecule has 0 bridgehead atoms. The fraction of sp³-hybridized carbons (Fsp3) is 0.400. The molecule has 0 spiro atoms. The summed E-state index contributed by atoms with van der Waals surface area (Å²) in [6.07, 6.45) is 2.54. The molecule has 0 atom stereocenters. The zero-order valence-electron chi connectivity index (χ0n) is 16.4. The van der Waals surface area contributed by atoms with Crippen LogP contribution in [0.25, 0.3) is 11.0 Å². The smallest absolute Gasteiger partial charge is 0.191 e. The number of hydrogen-bond donors (Lipinski definition) is 2. The summed E-state index contributed by atoms with van der Waals surface area (Å²) in [6.45, 7) is 5.34. The van der Waals surface area contributed by atoms with Gasteiger partial charge in [0.2, 0.25) is 0 Å². The molecule has 2 heterocycles. The second-order valence-electron chi connectivity index (χ2n) is 6.18. The molecular weight excluding hydrogens is 469 g/mol. The zero-order valence-corrected chi connectivity index (χ0v) is 18.7. The van der Waals surface area contributed by atoms with Crippen LogP contribution in [0.5, 0.6) is 0 Å². The minimum absolute atomic E-state index is 0. The number of guanidine groups is 1. The van der Waals surface area contributed by atoms with E-state index in [9.17, 15) is 0 Å². The Morgan fingerprint density at radius 2 is 2.07 bits per heavy atom. The molecule has 0 amide bonds. The predicted octanol–water partition coefficient (Wildman–Crippen LogP) is 3.45. The number of para-hydroxylation sites is 2. The van der Waals surface area contributed by atoms with Crippen LogP contribution in [-0.4, -0.2) is 35.2 Å². The number of fused-ring (bicyclic) bond motifs is 1. The van der Waals surface area contributed by atoms with Crippen molar-refractivity contribution in [1.82, 2.24) is 20.2 Å². The number of nitrogens with one attached hydrogen (secondary N) is 2. The van der Waals surface area contributed by atoms with Crippen molar-refractivity contribution in [2.24, 2.45) is 12.0 Å². The lowest BCUT2D eigenvalue weighted by atomic mass is 10.3. The standard InChI is InChI=1S/C20H27N5O2.HI/c1-3-21-20(22-11-7-12-26-15-16-8-6-13-27-16)23-14-19-24-17-9-4-5-10-18(17)25(19)2;/h4-6,8-10,13H,3,7,11-12,14-15H2,1-2H3,(H2,21,22,23);1H. The third-order valence-corrected chi connectivity index (χ3v) is 4.18. The highest BCUT2D eigenvalue weighted by atomic mass is 127. The van der Waals surface area contributed by atoms with E-state index in [1.807, 2.05) is 37.4 Å². The Labute approximate surface area is 182 Å². The van der Waals surface area contributed by atoms with Crippen molar-refractivity contribution in [3.8, 4) is 0 Å². The molecule has 3 rings (SSSR count). The minimum Gasteiger partial charge on any atom is -0.467 e. The van der Waals surface area contributed by atoms with E-state index >= 15 is 0 Å². The minimum atomic E-state index is 0. The molecule has 0 unspecified atom stereocenters. The lowest BCUT2D eigenvalue weighted by Crippen LogP contribution is -2.38. The number of nitrogens with zero attached hydrogens (tertiary/aromatic N) is 3. The maximum atomic E-state index is 5.59. The van der Waals surface area contributed by atoms with E-state index in [2.05, 4.69) is 38.2 Å². The zero-order chi connectivity index (χ0) is 18.9. The highest BCUT2D eigenvalue weighted by molar-refractivity contribution is 14.0. The topological polar surface area (TPSA) is 76.6 Å². The molecular formula is C20H28IN5O2. The van der Waals surface area contributed by atoms with E-state index in [1.54, 1.807) is 6.26 Å². The molecule has 2 N–H and O–H groups in total. The Balaban J connectivity index is 0.00000280. The molecule has 152 valence electrons. The summed E-state index contributed by atoms with van der Waals surface area (Å²) < 4.78 is 12.9. The molecule has 2 aromatic heterocycles. The van der Waals surface area contributed by atoms with Gasteiger partial charge in [0, 0.05) is 26.7 Å². The quantitative estimate of drug-likeness (QED) is 0.205. The van der Waals surface area contributed by atoms with Gasteiger partial charge in [0.25, 0.3) is 0 Å². The van der Waals surface area contributed by atoms with Crippen molar-refractivity contribution < 1.29 is 9.15 Å². The van der Waals surface area contributed by atoms with Crippen molar-refractivity contribution >= 4 is 41.0 Å². The van der Waals surface area contributed by atoms with E-state index in [0.29, 0.717) is 19.8 Å². The molecule has 0 aliphatic heterocycles. The molecule has 28 heavy (non-hydrogen) atoms. The number of aromatic nitrogens is 2. The number of ether oxygens (including phenoxy) is 1. The van der Waals surface area contributed by atoms with Gasteiger partial charge in [0.05, 0.1) is 17.3 Å². The Bertz CT molecular complexity index is 861. The van der Waals surface area contributed by atoms with Crippen LogP contribution in [0.4, 0.5) is 0 Å². The second-order valence-corrected chi connectivity index (χ2v) is 6.18. The Kier molecular flexibility index (Phi) is 9.29. The first kappa shape index (κ1) is 22.2. The highest BCUT2D eigenvalue weighted by Crippen LogP contribution is 2.14. The van der Waals surface area contributed by atoms with Gasteiger partial charge < -0.3 is 24.4 Å². The van der Waals surface area contributed by atoms with Crippen LogP contribution in [0.1, 0.15) is 24.9 Å². The summed E-state index contributed by atoms with van der Waals surface area (Å²) in [6, 6.07) is 11.9. The maximum absolute atomic E-state index is 5.59. The number of hydrogen-bond acceptors (Lipinski definition) is 4. The lowest BCUT2D eigenvalue weighted by Gasteiger charge is -2.11. The van der Waals surface area contributed by atoms with E-state index in [0.717, 1.165) is 48.1 Å². The van der Waals surface area contributed by atoms with Gasteiger partial charge in [-0.2, -0.15) is 0 Å². The molecule has 0 saturated heterocycles. The number of rotatable bonds is 9. The number of aliphatic imine (C=N–C) groups is 1. The molecule has 0 aliphatic rings. The third-order valence-electron chi connectivity index (χ3n) is 4.18. The van der Waals surface area contributed by atoms with E-state index in [1.165, 1.54) is 0 Å². The molecule has 3 aromatic rings. The van der Waals surface area contributed by atoms with E-state index in [4.69, 9.17) is 9.15 Å². The fourth-order valence-corrected chi connectivity index (χ4v) is 2.78. The molecule has 7 nitrogen and oxygen atoms in total. The average molecular weight is 497 g/mol. The molecule has 0 fully saturated rings. The van der Waals surface area contributed by atoms with Crippen LogP contribution >= 0.6 is 24.0 Å². The summed E-state index contributed by atoms with van der Waals surface area (Å²) in [5.41, 5.74) is 2.12. The van der Waals surface area contributed by atoms with Gasteiger partial charge >= 0.3 is 0 Å². The number of imidazole rings is 1. The first-order chi connectivity index (χ1) is 13.3. The van der Waals surface area contributed by atoms with Crippen molar-refractivity contribution in [3.63, 3.8) is 0 Å². The van der Waals surface area contributed by atoms with Crippen LogP contribution in [0, 0.1) is 0 Å². The van der Waals surface area contributed by atoms with Crippen molar-refractivity contribution in [2.45, 2.75) is 26.5 Å². The third kappa shape index (κ3) is 6.23. The Morgan fingerprint density at radius 1 is 1.21 bits per heavy atom. The monoisotopic (exact) mass is 497 g/mol. The molecule has 8 heteroatoms. The lowest BCUT2D eigenvalue weighted by molar-refractivity contribution is 0.105. The Hall–Kier alpha value is -2.07. The van der Waals surface area contributed by atoms with Gasteiger partial charge in [0.15, 0.2) is 5.96 Å². The molecule has 0 saturated carbocycles. The normalized spacial score (nSPS) is 11.4. The summed E-state index contributed by atoms with van der Waals surface area (Å²) in [4.78, 5) is 9.31. The average Bonchev–Trinajstić information content (AvgIpc) is 3.31. The summed E-state index contributed by atoms with van der Waals surface area (Å²) >= 11 is 0. The number of aryl methyl sites for hydroxylation is 1. The number of furan rings is 1. The van der Waals surface area contributed by atoms with Gasteiger partial charge in [-0.3, -0.25) is 0 Å². The fourth-order valence-electron chi connectivity index (χ4n) is 2.78. The van der Waals surface area contributed by atoms with Crippen molar-refractivity contribution in [3.05, 3.63) is 54.2 Å². The Morgan fingerprint density at radius 3 is 2.82 bits per heavy atom. The van der Waals surface area contributed by atoms with Gasteiger partial charge in [-0.15, -0.1) is 24.0 Å². The van der Waals surface area contributed by atoms with Crippen LogP contribution < -0.4 is 10.6 Å². The SMILES string of the molecule is CCNC(=NCc1nc2ccccc2n1C)NCCCOCc1ccco1.I. The van der Waals surface area contributed by atoms with Gasteiger partial charge in [-0.25, -0.2) is 9.98 Å². The van der Waals surface area contributed by atoms with Crippen LogP contribution in [0.3, 0.4) is 0 Å².